The van der Waals surface area contributed by atoms with Gasteiger partial charge in [0.2, 0.25) is 5.88 Å². The van der Waals surface area contributed by atoms with Crippen LogP contribution in [0.1, 0.15) is 23.5 Å². The van der Waals surface area contributed by atoms with Gasteiger partial charge in [0.05, 0.1) is 22.9 Å². The van der Waals surface area contributed by atoms with E-state index in [4.69, 9.17) is 16.3 Å². The van der Waals surface area contributed by atoms with E-state index in [1.165, 1.54) is 7.11 Å². The number of rotatable bonds is 2. The number of pyridine rings is 1. The van der Waals surface area contributed by atoms with Crippen molar-refractivity contribution in [3.05, 3.63) is 32.6 Å². The topological polar surface area (TPSA) is 60.2 Å². The van der Waals surface area contributed by atoms with Gasteiger partial charge in [-0.15, -0.1) is 0 Å². The molecule has 0 aromatic carbocycles. The molecule has 3 rings (SSSR count). The minimum atomic E-state index is -0.119. The van der Waals surface area contributed by atoms with Gasteiger partial charge in [0, 0.05) is 6.54 Å². The lowest BCUT2D eigenvalue weighted by Gasteiger charge is -2.31. The standard InChI is InChI=1S/C13H12ClIN4O2.H2S/c1-7-6-18(10-4-3-8(14)12(17-10)21-2)13(20)11-9(15)5-16-19(7)11;/h3-5,7H,6H2,1-2H3;1H2/t7-;/m0./s1. The van der Waals surface area contributed by atoms with E-state index in [1.807, 2.05) is 6.92 Å². The van der Waals surface area contributed by atoms with Crippen LogP contribution in [0.5, 0.6) is 5.88 Å². The number of halogens is 2. The average Bonchev–Trinajstić information content (AvgIpc) is 2.86. The first kappa shape index (κ1) is 17.4. The number of amides is 1. The minimum Gasteiger partial charge on any atom is -0.480 e. The third kappa shape index (κ3) is 2.79. The molecule has 0 saturated carbocycles. The molecule has 1 amide bonds. The smallest absolute Gasteiger partial charge is 0.278 e. The Morgan fingerprint density at radius 2 is 2.18 bits per heavy atom. The third-order valence-corrected chi connectivity index (χ3v) is 4.41. The quantitative estimate of drug-likeness (QED) is 0.658. The molecule has 6 nitrogen and oxygen atoms in total. The van der Waals surface area contributed by atoms with E-state index in [1.54, 1.807) is 27.9 Å². The maximum atomic E-state index is 12.7. The molecule has 22 heavy (non-hydrogen) atoms. The fourth-order valence-electron chi connectivity index (χ4n) is 2.33. The highest BCUT2D eigenvalue weighted by Gasteiger charge is 2.33. The Balaban J connectivity index is 0.00000176. The van der Waals surface area contributed by atoms with Gasteiger partial charge in [0.15, 0.2) is 0 Å². The summed E-state index contributed by atoms with van der Waals surface area (Å²) in [6, 6.07) is 3.47. The first-order valence-electron chi connectivity index (χ1n) is 6.28. The molecule has 9 heteroatoms. The van der Waals surface area contributed by atoms with Crippen LogP contribution in [0.15, 0.2) is 18.3 Å². The molecule has 2 aromatic heterocycles. The lowest BCUT2D eigenvalue weighted by molar-refractivity contribution is 0.0951. The second kappa shape index (κ2) is 6.63. The number of nitrogens with zero attached hydrogens (tertiary/aromatic N) is 4. The van der Waals surface area contributed by atoms with Crippen LogP contribution in [0.2, 0.25) is 5.02 Å². The number of carbonyl (C=O) groups excluding carboxylic acids is 1. The monoisotopic (exact) mass is 452 g/mol. The fraction of sp³-hybridized carbons (Fsp3) is 0.308. The van der Waals surface area contributed by atoms with E-state index in [0.29, 0.717) is 29.0 Å². The van der Waals surface area contributed by atoms with Crippen molar-refractivity contribution >= 4 is 59.4 Å². The summed E-state index contributed by atoms with van der Waals surface area (Å²) >= 11 is 8.10. The Hall–Kier alpha value is -1.000. The summed E-state index contributed by atoms with van der Waals surface area (Å²) in [6.07, 6.45) is 1.70. The summed E-state index contributed by atoms with van der Waals surface area (Å²) in [5, 5.41) is 4.67. The van der Waals surface area contributed by atoms with E-state index in [-0.39, 0.29) is 25.4 Å². The van der Waals surface area contributed by atoms with Crippen LogP contribution in [-0.4, -0.2) is 34.3 Å². The summed E-state index contributed by atoms with van der Waals surface area (Å²) in [5.74, 6) is 0.714. The largest absolute Gasteiger partial charge is 0.480 e. The van der Waals surface area contributed by atoms with Gasteiger partial charge < -0.3 is 4.74 Å². The molecule has 0 unspecified atom stereocenters. The molecule has 0 spiro atoms. The Labute approximate surface area is 153 Å². The van der Waals surface area contributed by atoms with Crippen LogP contribution < -0.4 is 9.64 Å². The molecule has 1 atom stereocenters. The summed E-state index contributed by atoms with van der Waals surface area (Å²) in [6.45, 7) is 2.51. The van der Waals surface area contributed by atoms with Gasteiger partial charge in [-0.05, 0) is 41.6 Å². The highest BCUT2D eigenvalue weighted by Crippen LogP contribution is 2.30. The summed E-state index contributed by atoms with van der Waals surface area (Å²) < 4.78 is 7.70. The second-order valence-electron chi connectivity index (χ2n) is 4.71. The zero-order valence-corrected chi connectivity index (χ0v) is 15.8. The number of aromatic nitrogens is 3. The Bertz CT molecular complexity index is 724. The number of anilines is 1. The zero-order valence-electron chi connectivity index (χ0n) is 11.9. The van der Waals surface area contributed by atoms with E-state index < -0.39 is 0 Å². The summed E-state index contributed by atoms with van der Waals surface area (Å²) in [5.41, 5.74) is 0.588. The van der Waals surface area contributed by atoms with Crippen molar-refractivity contribution in [3.8, 4) is 5.88 Å². The number of hydrogen-bond donors (Lipinski definition) is 0. The van der Waals surface area contributed by atoms with E-state index in [2.05, 4.69) is 32.7 Å². The Kier molecular flexibility index (Phi) is 5.23. The van der Waals surface area contributed by atoms with Crippen LogP contribution in [-0.2, 0) is 0 Å². The van der Waals surface area contributed by atoms with Crippen LogP contribution in [0.3, 0.4) is 0 Å². The normalized spacial score (nSPS) is 17.0. The minimum absolute atomic E-state index is 0. The predicted octanol–water partition coefficient (Wildman–Crippen LogP) is 2.88. The summed E-state index contributed by atoms with van der Waals surface area (Å²) in [4.78, 5) is 18.6. The van der Waals surface area contributed by atoms with Gasteiger partial charge in [0.25, 0.3) is 5.91 Å². The van der Waals surface area contributed by atoms with Crippen LogP contribution in [0.25, 0.3) is 0 Å². The van der Waals surface area contributed by atoms with Gasteiger partial charge >= 0.3 is 0 Å². The number of fused-ring (bicyclic) bond motifs is 1. The third-order valence-electron chi connectivity index (χ3n) is 3.33. The molecule has 1 aliphatic rings. The SMILES string of the molecule is COc1nc(N2C[C@H](C)n3ncc(I)c3C2=O)ccc1Cl.S. The maximum Gasteiger partial charge on any atom is 0.278 e. The van der Waals surface area contributed by atoms with E-state index in [0.717, 1.165) is 3.57 Å². The Morgan fingerprint density at radius 1 is 1.45 bits per heavy atom. The second-order valence-corrected chi connectivity index (χ2v) is 6.28. The number of ether oxygens (including phenoxy) is 1. The van der Waals surface area contributed by atoms with Crippen molar-refractivity contribution in [2.24, 2.45) is 0 Å². The first-order chi connectivity index (χ1) is 10.0. The van der Waals surface area contributed by atoms with E-state index in [9.17, 15) is 4.79 Å². The Morgan fingerprint density at radius 3 is 2.86 bits per heavy atom. The van der Waals surface area contributed by atoms with Gasteiger partial charge in [0.1, 0.15) is 16.5 Å². The number of methoxy groups -OCH3 is 1. The van der Waals surface area contributed by atoms with Gasteiger partial charge in [-0.1, -0.05) is 11.6 Å². The number of hydrogen-bond acceptors (Lipinski definition) is 4. The van der Waals surface area contributed by atoms with Crippen LogP contribution >= 0.6 is 47.7 Å². The van der Waals surface area contributed by atoms with Crippen molar-refractivity contribution in [2.75, 3.05) is 18.6 Å². The molecule has 0 N–H and O–H groups in total. The van der Waals surface area contributed by atoms with Crippen molar-refractivity contribution < 1.29 is 9.53 Å². The molecular formula is C13H14ClIN4O2S. The fourth-order valence-corrected chi connectivity index (χ4v) is 3.12. The molecule has 0 saturated heterocycles. The van der Waals surface area contributed by atoms with Crippen molar-refractivity contribution in [1.29, 1.82) is 0 Å². The molecule has 0 fully saturated rings. The van der Waals surface area contributed by atoms with Crippen molar-refractivity contribution in [1.82, 2.24) is 14.8 Å². The molecule has 118 valence electrons. The zero-order chi connectivity index (χ0) is 15.1. The van der Waals surface area contributed by atoms with Crippen LogP contribution in [0.4, 0.5) is 5.82 Å². The highest BCUT2D eigenvalue weighted by molar-refractivity contribution is 14.1. The molecule has 0 aliphatic carbocycles. The van der Waals surface area contributed by atoms with Gasteiger partial charge in [-0.3, -0.25) is 14.4 Å². The predicted molar refractivity (Wildman–Crippen MR) is 97.5 cm³/mol. The van der Waals surface area contributed by atoms with Crippen molar-refractivity contribution in [3.63, 3.8) is 0 Å². The average molecular weight is 453 g/mol. The molecule has 3 heterocycles. The van der Waals surface area contributed by atoms with Gasteiger partial charge in [-0.2, -0.15) is 23.6 Å². The van der Waals surface area contributed by atoms with E-state index >= 15 is 0 Å². The lowest BCUT2D eigenvalue weighted by atomic mass is 10.2. The molecule has 0 bridgehead atoms. The van der Waals surface area contributed by atoms with Crippen LogP contribution in [0, 0.1) is 3.57 Å². The molecular weight excluding hydrogens is 439 g/mol. The molecule has 1 aliphatic heterocycles. The molecule has 2 aromatic rings. The first-order valence-corrected chi connectivity index (χ1v) is 7.74. The summed E-state index contributed by atoms with van der Waals surface area (Å²) in [7, 11) is 1.50. The van der Waals surface area contributed by atoms with Crippen molar-refractivity contribution in [2.45, 2.75) is 13.0 Å². The number of carbonyl (C=O) groups is 1. The van der Waals surface area contributed by atoms with Gasteiger partial charge in [-0.25, -0.2) is 0 Å². The maximum absolute atomic E-state index is 12.7. The highest BCUT2D eigenvalue weighted by atomic mass is 127. The lowest BCUT2D eigenvalue weighted by Crippen LogP contribution is -2.43. The molecule has 0 radical (unpaired) electrons.